The molecule has 0 saturated heterocycles. The summed E-state index contributed by atoms with van der Waals surface area (Å²) in [5.41, 5.74) is 2.69. The fraction of sp³-hybridized carbons (Fsp3) is 0.429. The highest BCUT2D eigenvalue weighted by Crippen LogP contribution is 2.38. The second-order valence-electron chi connectivity index (χ2n) is 5.00. The normalized spacial score (nSPS) is 15.9. The van der Waals surface area contributed by atoms with Gasteiger partial charge in [-0.1, -0.05) is 11.6 Å². The Balaban J connectivity index is 2.35. The van der Waals surface area contributed by atoms with E-state index in [4.69, 9.17) is 11.6 Å². The molecule has 1 fully saturated rings. The third kappa shape index (κ3) is 1.57. The zero-order valence-corrected chi connectivity index (χ0v) is 11.3. The van der Waals surface area contributed by atoms with Crippen molar-refractivity contribution in [2.75, 3.05) is 0 Å². The van der Waals surface area contributed by atoms with Crippen molar-refractivity contribution < 1.29 is 4.79 Å². The highest BCUT2D eigenvalue weighted by molar-refractivity contribution is 6.31. The lowest BCUT2D eigenvalue weighted by molar-refractivity contribution is 0.101. The molecule has 0 atom stereocenters. The topological polar surface area (TPSA) is 34.9 Å². The van der Waals surface area contributed by atoms with Crippen LogP contribution in [-0.4, -0.2) is 15.3 Å². The Morgan fingerprint density at radius 2 is 2.22 bits per heavy atom. The van der Waals surface area contributed by atoms with Gasteiger partial charge >= 0.3 is 0 Å². The van der Waals surface area contributed by atoms with Crippen LogP contribution in [0.2, 0.25) is 5.02 Å². The van der Waals surface area contributed by atoms with Crippen LogP contribution in [0.1, 0.15) is 48.3 Å². The summed E-state index contributed by atoms with van der Waals surface area (Å²) in [7, 11) is 0. The summed E-state index contributed by atoms with van der Waals surface area (Å²) in [6.07, 6.45) is 5.26. The average Bonchev–Trinajstić information content (AvgIpc) is 2.49. The van der Waals surface area contributed by atoms with Gasteiger partial charge in [0.1, 0.15) is 5.65 Å². The van der Waals surface area contributed by atoms with E-state index < -0.39 is 0 Å². The number of rotatable bonds is 2. The quantitative estimate of drug-likeness (QED) is 0.769. The molecule has 0 unspecified atom stereocenters. The minimum absolute atomic E-state index is 0.0830. The number of aromatic nitrogens is 2. The number of carbonyl (C=O) groups excluding carboxylic acids is 1. The summed E-state index contributed by atoms with van der Waals surface area (Å²) in [5.74, 6) is 0.0830. The minimum Gasteiger partial charge on any atom is -0.326 e. The van der Waals surface area contributed by atoms with Gasteiger partial charge < -0.3 is 4.57 Å². The van der Waals surface area contributed by atoms with Gasteiger partial charge in [-0.05, 0) is 39.2 Å². The van der Waals surface area contributed by atoms with Gasteiger partial charge in [0, 0.05) is 28.9 Å². The second-order valence-corrected chi connectivity index (χ2v) is 5.43. The third-order valence-corrected chi connectivity index (χ3v) is 4.05. The summed E-state index contributed by atoms with van der Waals surface area (Å²) in [6.45, 7) is 3.61. The molecule has 2 heterocycles. The molecule has 0 radical (unpaired) electrons. The third-order valence-electron chi connectivity index (χ3n) is 3.85. The highest BCUT2D eigenvalue weighted by Gasteiger charge is 2.27. The summed E-state index contributed by atoms with van der Waals surface area (Å²) in [6, 6.07) is 2.34. The molecule has 0 bridgehead atoms. The van der Waals surface area contributed by atoms with Crippen LogP contribution in [0.4, 0.5) is 0 Å². The van der Waals surface area contributed by atoms with Crippen LogP contribution in [0.15, 0.2) is 12.3 Å². The van der Waals surface area contributed by atoms with E-state index in [0.717, 1.165) is 22.3 Å². The van der Waals surface area contributed by atoms with E-state index in [1.54, 1.807) is 13.1 Å². The van der Waals surface area contributed by atoms with Gasteiger partial charge in [-0.25, -0.2) is 4.98 Å². The maximum atomic E-state index is 11.8. The van der Waals surface area contributed by atoms with Gasteiger partial charge in [-0.15, -0.1) is 0 Å². The molecule has 1 aliphatic carbocycles. The van der Waals surface area contributed by atoms with Gasteiger partial charge in [0.05, 0.1) is 5.02 Å². The van der Waals surface area contributed by atoms with E-state index in [1.807, 2.05) is 13.0 Å². The minimum atomic E-state index is 0.0830. The van der Waals surface area contributed by atoms with Crippen LogP contribution in [0.25, 0.3) is 11.0 Å². The van der Waals surface area contributed by atoms with Crippen LogP contribution in [0, 0.1) is 6.92 Å². The van der Waals surface area contributed by atoms with E-state index in [2.05, 4.69) is 9.55 Å². The number of halogens is 1. The average molecular weight is 263 g/mol. The number of Topliss-reactive ketones (excluding diaryl/α,β-unsaturated/α-hetero) is 1. The van der Waals surface area contributed by atoms with Crippen molar-refractivity contribution in [1.82, 2.24) is 9.55 Å². The summed E-state index contributed by atoms with van der Waals surface area (Å²) in [5, 5.41) is 1.47. The van der Waals surface area contributed by atoms with E-state index in [9.17, 15) is 4.79 Å². The molecule has 94 valence electrons. The smallest absolute Gasteiger partial charge is 0.162 e. The zero-order valence-electron chi connectivity index (χ0n) is 10.5. The molecule has 0 aromatic carbocycles. The van der Waals surface area contributed by atoms with Gasteiger partial charge in [-0.2, -0.15) is 0 Å². The van der Waals surface area contributed by atoms with Gasteiger partial charge in [0.25, 0.3) is 0 Å². The molecule has 0 spiro atoms. The Morgan fingerprint density at radius 1 is 1.50 bits per heavy atom. The lowest BCUT2D eigenvalue weighted by atomic mass is 9.92. The first-order valence-electron chi connectivity index (χ1n) is 6.26. The van der Waals surface area contributed by atoms with Crippen molar-refractivity contribution in [2.24, 2.45) is 0 Å². The molecule has 18 heavy (non-hydrogen) atoms. The fourth-order valence-electron chi connectivity index (χ4n) is 2.82. The maximum Gasteiger partial charge on any atom is 0.162 e. The van der Waals surface area contributed by atoms with Crippen molar-refractivity contribution in [3.05, 3.63) is 28.5 Å². The molecule has 4 heteroatoms. The number of hydrogen-bond acceptors (Lipinski definition) is 2. The lowest BCUT2D eigenvalue weighted by Gasteiger charge is -2.29. The molecule has 2 aromatic rings. The fourth-order valence-corrected chi connectivity index (χ4v) is 2.98. The first kappa shape index (κ1) is 11.7. The first-order chi connectivity index (χ1) is 8.59. The Hall–Kier alpha value is -1.35. The molecule has 0 N–H and O–H groups in total. The number of carbonyl (C=O) groups is 1. The predicted molar refractivity (Wildman–Crippen MR) is 72.4 cm³/mol. The van der Waals surface area contributed by atoms with Gasteiger partial charge in [0.2, 0.25) is 0 Å². The van der Waals surface area contributed by atoms with Crippen LogP contribution in [0.5, 0.6) is 0 Å². The highest BCUT2D eigenvalue weighted by atomic mass is 35.5. The first-order valence-corrected chi connectivity index (χ1v) is 6.64. The van der Waals surface area contributed by atoms with Gasteiger partial charge in [0.15, 0.2) is 5.78 Å². The van der Waals surface area contributed by atoms with Crippen molar-refractivity contribution >= 4 is 28.4 Å². The van der Waals surface area contributed by atoms with E-state index in [0.29, 0.717) is 11.1 Å². The Labute approximate surface area is 111 Å². The Kier molecular flexibility index (Phi) is 2.67. The molecular formula is C14H15ClN2O. The van der Waals surface area contributed by atoms with Crippen LogP contribution in [-0.2, 0) is 0 Å². The predicted octanol–water partition coefficient (Wildman–Crippen LogP) is 3.93. The summed E-state index contributed by atoms with van der Waals surface area (Å²) >= 11 is 6.00. The lowest BCUT2D eigenvalue weighted by Crippen LogP contribution is -2.18. The van der Waals surface area contributed by atoms with Crippen molar-refractivity contribution in [3.8, 4) is 0 Å². The molecule has 1 saturated carbocycles. The zero-order chi connectivity index (χ0) is 12.9. The number of fused-ring (bicyclic) bond motifs is 1. The summed E-state index contributed by atoms with van der Waals surface area (Å²) in [4.78, 5) is 16.3. The number of nitrogens with zero attached hydrogens (tertiary/aromatic N) is 2. The Bertz CT molecular complexity index is 641. The van der Waals surface area contributed by atoms with Crippen molar-refractivity contribution in [2.45, 2.75) is 39.2 Å². The van der Waals surface area contributed by atoms with E-state index >= 15 is 0 Å². The standard InChI is InChI=1S/C14H15ClN2O/c1-8-13(9(2)18)12-6-10(15)7-16-14(12)17(8)11-4-3-5-11/h6-7,11H,3-5H2,1-2H3. The monoisotopic (exact) mass is 262 g/mol. The van der Waals surface area contributed by atoms with Crippen LogP contribution >= 0.6 is 11.6 Å². The molecule has 0 amide bonds. The number of ketones is 1. The number of hydrogen-bond donors (Lipinski definition) is 0. The van der Waals surface area contributed by atoms with Crippen molar-refractivity contribution in [3.63, 3.8) is 0 Å². The Morgan fingerprint density at radius 3 is 2.78 bits per heavy atom. The second kappa shape index (κ2) is 4.09. The molecule has 1 aliphatic rings. The SMILES string of the molecule is CC(=O)c1c(C)n(C2CCC2)c2ncc(Cl)cc12. The summed E-state index contributed by atoms with van der Waals surface area (Å²) < 4.78 is 2.21. The van der Waals surface area contributed by atoms with Crippen LogP contribution < -0.4 is 0 Å². The molecule has 2 aromatic heterocycles. The van der Waals surface area contributed by atoms with Gasteiger partial charge in [-0.3, -0.25) is 4.79 Å². The molecule has 0 aliphatic heterocycles. The maximum absolute atomic E-state index is 11.8. The van der Waals surface area contributed by atoms with Crippen LogP contribution in [0.3, 0.4) is 0 Å². The number of pyridine rings is 1. The molecule has 3 rings (SSSR count). The largest absolute Gasteiger partial charge is 0.326 e. The van der Waals surface area contributed by atoms with E-state index in [1.165, 1.54) is 19.3 Å². The molecular weight excluding hydrogens is 248 g/mol. The van der Waals surface area contributed by atoms with E-state index in [-0.39, 0.29) is 5.78 Å². The van der Waals surface area contributed by atoms with Crippen molar-refractivity contribution in [1.29, 1.82) is 0 Å². The molecule has 3 nitrogen and oxygen atoms in total.